The number of hydrogen-bond acceptors (Lipinski definition) is 10. The van der Waals surface area contributed by atoms with Crippen molar-refractivity contribution >= 4 is 48.0 Å². The number of aromatic nitrogens is 5. The molecule has 2 N–H and O–H groups in total. The number of fused-ring (bicyclic) bond motifs is 1. The first-order chi connectivity index (χ1) is 19.2. The molecule has 11 nitrogen and oxygen atoms in total. The summed E-state index contributed by atoms with van der Waals surface area (Å²) in [5.41, 5.74) is 4.99. The lowest BCUT2D eigenvalue weighted by Gasteiger charge is -1.99. The third-order valence-electron chi connectivity index (χ3n) is 5.74. The number of primary sulfonamides is 1. The number of ketones is 1. The molecule has 0 atom stereocenters. The first kappa shape index (κ1) is 27.6. The SMILES string of the molecule is Cc1onc(-c2ccccc2)c1-c1cn2nc(S(N)(=O)=O)sc2n1.Cc1onc(-c2ccccc2)c1C(=O)CBr. The van der Waals surface area contributed by atoms with E-state index in [0.717, 1.165) is 28.0 Å². The molecule has 0 radical (unpaired) electrons. The van der Waals surface area contributed by atoms with Gasteiger partial charge in [0.05, 0.1) is 28.3 Å². The third-order valence-corrected chi connectivity index (χ3v) is 8.49. The van der Waals surface area contributed by atoms with Gasteiger partial charge in [-0.2, -0.15) is 0 Å². The van der Waals surface area contributed by atoms with Crippen LogP contribution < -0.4 is 5.14 Å². The highest BCUT2D eigenvalue weighted by Crippen LogP contribution is 2.34. The predicted octanol–water partition coefficient (Wildman–Crippen LogP) is 5.30. The summed E-state index contributed by atoms with van der Waals surface area (Å²) in [5.74, 6) is 1.16. The number of carbonyl (C=O) groups is 1. The van der Waals surface area contributed by atoms with Gasteiger partial charge in [0, 0.05) is 11.1 Å². The maximum Gasteiger partial charge on any atom is 0.267 e. The summed E-state index contributed by atoms with van der Waals surface area (Å²) in [5, 5.41) is 17.4. The van der Waals surface area contributed by atoms with E-state index < -0.39 is 10.0 Å². The van der Waals surface area contributed by atoms with Crippen LogP contribution in [-0.4, -0.2) is 44.4 Å². The maximum atomic E-state index is 11.7. The lowest BCUT2D eigenvalue weighted by atomic mass is 10.0. The second-order valence-corrected chi connectivity index (χ2v) is 11.7. The van der Waals surface area contributed by atoms with Crippen molar-refractivity contribution in [3.8, 4) is 33.8 Å². The van der Waals surface area contributed by atoms with Gasteiger partial charge in [0.1, 0.15) is 22.9 Å². The van der Waals surface area contributed by atoms with Crippen LogP contribution in [0.1, 0.15) is 21.9 Å². The molecular weight excluding hydrogens is 620 g/mol. The molecule has 2 aromatic carbocycles. The fourth-order valence-corrected chi connectivity index (χ4v) is 5.73. The summed E-state index contributed by atoms with van der Waals surface area (Å²) in [6, 6.07) is 19.1. The molecule has 0 aliphatic heterocycles. The van der Waals surface area contributed by atoms with Crippen LogP contribution >= 0.6 is 27.3 Å². The van der Waals surface area contributed by atoms with Crippen LogP contribution in [0.25, 0.3) is 38.7 Å². The Hall–Kier alpha value is -3.98. The molecule has 0 unspecified atom stereocenters. The van der Waals surface area contributed by atoms with E-state index in [-0.39, 0.29) is 15.5 Å². The lowest BCUT2D eigenvalue weighted by Crippen LogP contribution is -2.12. The predicted molar refractivity (Wildman–Crippen MR) is 153 cm³/mol. The topological polar surface area (TPSA) is 159 Å². The molecule has 0 bridgehead atoms. The van der Waals surface area contributed by atoms with E-state index in [4.69, 9.17) is 14.2 Å². The number of benzene rings is 2. The van der Waals surface area contributed by atoms with Gasteiger partial charge in [-0.15, -0.1) is 5.10 Å². The van der Waals surface area contributed by atoms with Gasteiger partial charge in [0.15, 0.2) is 5.78 Å². The highest BCUT2D eigenvalue weighted by molar-refractivity contribution is 9.09. The van der Waals surface area contributed by atoms with Crippen molar-refractivity contribution in [1.82, 2.24) is 24.9 Å². The van der Waals surface area contributed by atoms with E-state index in [1.54, 1.807) is 20.0 Å². The van der Waals surface area contributed by atoms with Crippen molar-refractivity contribution in [3.63, 3.8) is 0 Å². The number of hydrogen-bond donors (Lipinski definition) is 1. The Balaban J connectivity index is 0.000000176. The summed E-state index contributed by atoms with van der Waals surface area (Å²) >= 11 is 4.06. The molecule has 0 saturated heterocycles. The van der Waals surface area contributed by atoms with Crippen molar-refractivity contribution in [2.24, 2.45) is 5.14 Å². The first-order valence-corrected chi connectivity index (χ1v) is 15.2. The summed E-state index contributed by atoms with van der Waals surface area (Å²) in [6.07, 6.45) is 1.63. The number of nitrogens with zero attached hydrogens (tertiary/aromatic N) is 5. The zero-order chi connectivity index (χ0) is 28.4. The Bertz CT molecular complexity index is 1880. The Kier molecular flexibility index (Phi) is 7.76. The zero-order valence-electron chi connectivity index (χ0n) is 21.1. The van der Waals surface area contributed by atoms with Crippen molar-refractivity contribution in [2.45, 2.75) is 18.2 Å². The minimum Gasteiger partial charge on any atom is -0.360 e. The van der Waals surface area contributed by atoms with E-state index in [1.807, 2.05) is 60.7 Å². The van der Waals surface area contributed by atoms with Crippen LogP contribution in [0.15, 0.2) is 80.2 Å². The van der Waals surface area contributed by atoms with Gasteiger partial charge < -0.3 is 9.05 Å². The average molecular weight is 642 g/mol. The molecule has 40 heavy (non-hydrogen) atoms. The van der Waals surface area contributed by atoms with Crippen LogP contribution in [0.4, 0.5) is 0 Å². The van der Waals surface area contributed by atoms with E-state index in [9.17, 15) is 13.2 Å². The van der Waals surface area contributed by atoms with Crippen LogP contribution in [0.5, 0.6) is 0 Å². The van der Waals surface area contributed by atoms with E-state index in [1.165, 1.54) is 4.52 Å². The molecule has 0 saturated carbocycles. The van der Waals surface area contributed by atoms with Crippen molar-refractivity contribution in [1.29, 1.82) is 0 Å². The number of rotatable bonds is 6. The highest BCUT2D eigenvalue weighted by atomic mass is 79.9. The molecule has 0 aliphatic rings. The molecule has 6 aromatic rings. The second-order valence-electron chi connectivity index (χ2n) is 8.48. The molecule has 0 amide bonds. The summed E-state index contributed by atoms with van der Waals surface area (Å²) in [7, 11) is -3.84. The molecule has 4 heterocycles. The number of alkyl halides is 1. The number of carbonyl (C=O) groups excluding carboxylic acids is 1. The normalized spacial score (nSPS) is 11.4. The lowest BCUT2D eigenvalue weighted by molar-refractivity contribution is 0.102. The number of nitrogens with two attached hydrogens (primary N) is 1. The highest BCUT2D eigenvalue weighted by Gasteiger charge is 2.22. The number of sulfonamides is 1. The Morgan fingerprint density at radius 1 is 0.950 bits per heavy atom. The second kappa shape index (κ2) is 11.3. The third kappa shape index (κ3) is 5.51. The van der Waals surface area contributed by atoms with Crippen LogP contribution in [0.3, 0.4) is 0 Å². The fraction of sp³-hybridized carbons (Fsp3) is 0.115. The number of halogens is 1. The summed E-state index contributed by atoms with van der Waals surface area (Å²) < 4.78 is 34.3. The van der Waals surface area contributed by atoms with E-state index in [0.29, 0.717) is 39.1 Å². The Morgan fingerprint density at radius 2 is 1.52 bits per heavy atom. The average Bonchev–Trinajstić information content (AvgIpc) is 3.71. The first-order valence-electron chi connectivity index (χ1n) is 11.7. The largest absolute Gasteiger partial charge is 0.360 e. The maximum absolute atomic E-state index is 11.7. The molecule has 4 aromatic heterocycles. The van der Waals surface area contributed by atoms with Gasteiger partial charge in [-0.05, 0) is 13.8 Å². The van der Waals surface area contributed by atoms with Gasteiger partial charge >= 0.3 is 0 Å². The van der Waals surface area contributed by atoms with Gasteiger partial charge in [-0.25, -0.2) is 23.1 Å². The van der Waals surface area contributed by atoms with Gasteiger partial charge in [-0.3, -0.25) is 4.79 Å². The van der Waals surface area contributed by atoms with E-state index >= 15 is 0 Å². The quantitative estimate of drug-likeness (QED) is 0.188. The standard InChI is InChI=1S/C14H11N5O3S2.C12H10BrNO2/c1-8-11(12(18-22-8)9-5-3-2-4-6-9)10-7-19-13(16-10)23-14(17-19)24(15,20)21;1-8-11(10(15)7-13)12(14-16-8)9-5-3-2-4-6-9/h2-7H,1H3,(H2,15,20,21);2-6H,7H2,1H3. The monoisotopic (exact) mass is 640 g/mol. The molecule has 0 spiro atoms. The number of imidazole rings is 1. The Morgan fingerprint density at radius 3 is 2.10 bits per heavy atom. The minimum atomic E-state index is -3.84. The van der Waals surface area contributed by atoms with Crippen molar-refractivity contribution in [3.05, 3.63) is 83.9 Å². The Labute approximate surface area is 240 Å². The summed E-state index contributed by atoms with van der Waals surface area (Å²) in [6.45, 7) is 3.54. The van der Waals surface area contributed by atoms with Crippen molar-refractivity contribution in [2.75, 3.05) is 5.33 Å². The molecular formula is C26H21BrN6O5S2. The zero-order valence-corrected chi connectivity index (χ0v) is 24.3. The molecule has 204 valence electrons. The smallest absolute Gasteiger partial charge is 0.267 e. The minimum absolute atomic E-state index is 0.0161. The summed E-state index contributed by atoms with van der Waals surface area (Å²) in [4.78, 5) is 16.6. The molecule has 14 heteroatoms. The molecule has 6 rings (SSSR count). The van der Waals surface area contributed by atoms with Crippen LogP contribution in [0, 0.1) is 13.8 Å². The van der Waals surface area contributed by atoms with Crippen LogP contribution in [0.2, 0.25) is 0 Å². The van der Waals surface area contributed by atoms with Crippen LogP contribution in [-0.2, 0) is 10.0 Å². The van der Waals surface area contributed by atoms with Crippen molar-refractivity contribution < 1.29 is 22.3 Å². The number of Topliss-reactive ketones (excluding diaryl/α,β-unsaturated/α-hetero) is 1. The number of aryl methyl sites for hydroxylation is 2. The van der Waals surface area contributed by atoms with Gasteiger partial charge in [-0.1, -0.05) is 98.2 Å². The van der Waals surface area contributed by atoms with E-state index in [2.05, 4.69) is 36.3 Å². The fourth-order valence-electron chi connectivity index (χ4n) is 3.94. The molecule has 0 fully saturated rings. The van der Waals surface area contributed by atoms with Gasteiger partial charge in [0.25, 0.3) is 10.0 Å². The molecule has 0 aliphatic carbocycles. The van der Waals surface area contributed by atoms with Gasteiger partial charge in [0.2, 0.25) is 9.30 Å².